The molecular weight excluding hydrogens is 248 g/mol. The largest absolute Gasteiger partial charge is 0.410 e. The molecule has 0 bridgehead atoms. The zero-order valence-electron chi connectivity index (χ0n) is 9.89. The van der Waals surface area contributed by atoms with E-state index in [4.69, 9.17) is 11.6 Å². The van der Waals surface area contributed by atoms with Crippen molar-refractivity contribution in [3.63, 3.8) is 0 Å². The summed E-state index contributed by atoms with van der Waals surface area (Å²) in [6, 6.07) is 14.9. The van der Waals surface area contributed by atoms with E-state index < -0.39 is 0 Å². The van der Waals surface area contributed by atoms with Crippen molar-refractivity contribution in [2.45, 2.75) is 0 Å². The van der Waals surface area contributed by atoms with Gasteiger partial charge in [-0.15, -0.1) is 0 Å². The van der Waals surface area contributed by atoms with Gasteiger partial charge in [0.15, 0.2) is 0 Å². The molecule has 0 unspecified atom stereocenters. The first-order valence-electron chi connectivity index (χ1n) is 5.51. The third-order valence-electron chi connectivity index (χ3n) is 2.65. The highest BCUT2D eigenvalue weighted by atomic mass is 35.5. The molecule has 18 heavy (non-hydrogen) atoms. The molecule has 4 heteroatoms. The Morgan fingerprint density at radius 3 is 2.50 bits per heavy atom. The van der Waals surface area contributed by atoms with Crippen LogP contribution in [0.1, 0.15) is 11.1 Å². The normalized spacial score (nSPS) is 11.3. The molecule has 0 radical (unpaired) electrons. The van der Waals surface area contributed by atoms with E-state index >= 15 is 0 Å². The summed E-state index contributed by atoms with van der Waals surface area (Å²) < 4.78 is 0. The molecule has 0 aliphatic carbocycles. The fourth-order valence-electron chi connectivity index (χ4n) is 1.79. The van der Waals surface area contributed by atoms with Crippen molar-refractivity contribution in [2.24, 2.45) is 5.16 Å². The lowest BCUT2D eigenvalue weighted by molar-refractivity contribution is 0.319. The number of nitrogens with one attached hydrogen (secondary N) is 1. The van der Waals surface area contributed by atoms with Gasteiger partial charge in [-0.1, -0.05) is 47.1 Å². The molecule has 2 aromatic rings. The van der Waals surface area contributed by atoms with E-state index in [0.717, 1.165) is 16.8 Å². The van der Waals surface area contributed by atoms with Crippen LogP contribution in [-0.4, -0.2) is 18.0 Å². The molecule has 92 valence electrons. The van der Waals surface area contributed by atoms with Crippen molar-refractivity contribution in [3.05, 3.63) is 64.7 Å². The number of anilines is 1. The molecule has 0 saturated carbocycles. The Hall–Kier alpha value is -2.00. The number of halogens is 1. The Labute approximate surface area is 111 Å². The summed E-state index contributed by atoms with van der Waals surface area (Å²) in [5.41, 5.74) is 2.94. The van der Waals surface area contributed by atoms with Crippen LogP contribution in [-0.2, 0) is 0 Å². The standard InChI is InChI=1S/C14H13ClN2O/c1-16-13-8-7-11(15)9-12(13)14(17-18)10-5-3-2-4-6-10/h2-9,16,18H,1H3. The van der Waals surface area contributed by atoms with Crippen molar-refractivity contribution in [2.75, 3.05) is 12.4 Å². The van der Waals surface area contributed by atoms with Crippen LogP contribution >= 0.6 is 11.6 Å². The highest BCUT2D eigenvalue weighted by Crippen LogP contribution is 2.23. The summed E-state index contributed by atoms with van der Waals surface area (Å²) in [5, 5.41) is 16.3. The Balaban J connectivity index is 2.56. The van der Waals surface area contributed by atoms with Gasteiger partial charge in [0.05, 0.1) is 0 Å². The van der Waals surface area contributed by atoms with Crippen LogP contribution in [0.4, 0.5) is 5.69 Å². The van der Waals surface area contributed by atoms with E-state index in [-0.39, 0.29) is 0 Å². The van der Waals surface area contributed by atoms with Crippen molar-refractivity contribution in [1.29, 1.82) is 0 Å². The Morgan fingerprint density at radius 1 is 1.17 bits per heavy atom. The van der Waals surface area contributed by atoms with E-state index in [2.05, 4.69) is 10.5 Å². The quantitative estimate of drug-likeness (QED) is 0.503. The number of oxime groups is 1. The van der Waals surface area contributed by atoms with Crippen LogP contribution in [0.25, 0.3) is 0 Å². The van der Waals surface area contributed by atoms with Crippen LogP contribution in [0, 0.1) is 0 Å². The Kier molecular flexibility index (Phi) is 3.85. The number of nitrogens with zero attached hydrogens (tertiary/aromatic N) is 1. The predicted octanol–water partition coefficient (Wildman–Crippen LogP) is 3.61. The first-order valence-corrected chi connectivity index (χ1v) is 5.89. The second-order valence-electron chi connectivity index (χ2n) is 3.75. The van der Waals surface area contributed by atoms with Crippen LogP contribution in [0.3, 0.4) is 0 Å². The molecule has 2 aromatic carbocycles. The van der Waals surface area contributed by atoms with E-state index in [1.165, 1.54) is 0 Å². The first-order chi connectivity index (χ1) is 8.76. The first kappa shape index (κ1) is 12.5. The molecule has 0 heterocycles. The van der Waals surface area contributed by atoms with E-state index in [1.807, 2.05) is 43.4 Å². The van der Waals surface area contributed by atoms with Crippen molar-refractivity contribution < 1.29 is 5.21 Å². The predicted molar refractivity (Wildman–Crippen MR) is 74.9 cm³/mol. The van der Waals surface area contributed by atoms with Crippen molar-refractivity contribution in [3.8, 4) is 0 Å². The molecule has 2 rings (SSSR count). The second-order valence-corrected chi connectivity index (χ2v) is 4.19. The molecule has 0 atom stereocenters. The monoisotopic (exact) mass is 260 g/mol. The van der Waals surface area contributed by atoms with Gasteiger partial charge in [0.2, 0.25) is 0 Å². The minimum atomic E-state index is 0.488. The molecule has 0 saturated heterocycles. The molecule has 0 fully saturated rings. The summed E-state index contributed by atoms with van der Waals surface area (Å²) in [6.07, 6.45) is 0. The van der Waals surface area contributed by atoms with Crippen LogP contribution < -0.4 is 5.32 Å². The lowest BCUT2D eigenvalue weighted by Gasteiger charge is -2.11. The van der Waals surface area contributed by atoms with E-state index in [1.54, 1.807) is 12.1 Å². The van der Waals surface area contributed by atoms with Gasteiger partial charge in [-0.3, -0.25) is 0 Å². The summed E-state index contributed by atoms with van der Waals surface area (Å²) in [6.45, 7) is 0. The molecule has 0 aliphatic heterocycles. The Bertz CT molecular complexity index is 567. The van der Waals surface area contributed by atoms with Gasteiger partial charge in [-0.05, 0) is 18.2 Å². The maximum atomic E-state index is 9.26. The topological polar surface area (TPSA) is 44.6 Å². The molecule has 0 spiro atoms. The fourth-order valence-corrected chi connectivity index (χ4v) is 1.97. The smallest absolute Gasteiger partial charge is 0.119 e. The zero-order chi connectivity index (χ0) is 13.0. The lowest BCUT2D eigenvalue weighted by atomic mass is 10.0. The van der Waals surface area contributed by atoms with Crippen LogP contribution in [0.2, 0.25) is 5.02 Å². The van der Waals surface area contributed by atoms with E-state index in [9.17, 15) is 5.21 Å². The van der Waals surface area contributed by atoms with Gasteiger partial charge in [0.25, 0.3) is 0 Å². The Morgan fingerprint density at radius 2 is 1.89 bits per heavy atom. The SMILES string of the molecule is CNc1ccc(Cl)cc1C(=NO)c1ccccc1. The third kappa shape index (κ3) is 2.46. The number of benzene rings is 2. The van der Waals surface area contributed by atoms with Crippen LogP contribution in [0.5, 0.6) is 0 Å². The number of rotatable bonds is 3. The fraction of sp³-hybridized carbons (Fsp3) is 0.0714. The molecule has 0 amide bonds. The molecule has 2 N–H and O–H groups in total. The van der Waals surface area contributed by atoms with Crippen molar-refractivity contribution in [1.82, 2.24) is 0 Å². The van der Waals surface area contributed by atoms with Gasteiger partial charge in [0.1, 0.15) is 5.71 Å². The van der Waals surface area contributed by atoms with Gasteiger partial charge in [0, 0.05) is 28.9 Å². The van der Waals surface area contributed by atoms with Crippen LogP contribution in [0.15, 0.2) is 53.7 Å². The van der Waals surface area contributed by atoms with Crippen molar-refractivity contribution >= 4 is 23.0 Å². The minimum absolute atomic E-state index is 0.488. The molecule has 3 nitrogen and oxygen atoms in total. The summed E-state index contributed by atoms with van der Waals surface area (Å²) in [5.74, 6) is 0. The van der Waals surface area contributed by atoms with Gasteiger partial charge < -0.3 is 10.5 Å². The number of hydrogen-bond acceptors (Lipinski definition) is 3. The van der Waals surface area contributed by atoms with E-state index in [0.29, 0.717) is 10.7 Å². The zero-order valence-corrected chi connectivity index (χ0v) is 10.6. The summed E-state index contributed by atoms with van der Waals surface area (Å²) in [4.78, 5) is 0. The maximum absolute atomic E-state index is 9.26. The minimum Gasteiger partial charge on any atom is -0.410 e. The average molecular weight is 261 g/mol. The summed E-state index contributed by atoms with van der Waals surface area (Å²) in [7, 11) is 1.81. The molecular formula is C14H13ClN2O. The highest BCUT2D eigenvalue weighted by molar-refractivity contribution is 6.31. The maximum Gasteiger partial charge on any atom is 0.119 e. The second kappa shape index (κ2) is 5.56. The van der Waals surface area contributed by atoms with Gasteiger partial charge in [-0.2, -0.15) is 0 Å². The third-order valence-corrected chi connectivity index (χ3v) is 2.89. The number of hydrogen-bond donors (Lipinski definition) is 2. The molecule has 0 aliphatic rings. The van der Waals surface area contributed by atoms with Gasteiger partial charge >= 0.3 is 0 Å². The molecule has 0 aromatic heterocycles. The summed E-state index contributed by atoms with van der Waals surface area (Å²) >= 11 is 6.00. The lowest BCUT2D eigenvalue weighted by Crippen LogP contribution is -2.07. The highest BCUT2D eigenvalue weighted by Gasteiger charge is 2.12. The van der Waals surface area contributed by atoms with Gasteiger partial charge in [-0.25, -0.2) is 0 Å². The average Bonchev–Trinajstić information content (AvgIpc) is 2.41.